The average molecular weight is 359 g/mol. The van der Waals surface area contributed by atoms with E-state index in [0.29, 0.717) is 11.6 Å². The number of H-pyrrole nitrogens is 1. The lowest BCUT2D eigenvalue weighted by atomic mass is 10.1. The Morgan fingerprint density at radius 2 is 1.84 bits per heavy atom. The summed E-state index contributed by atoms with van der Waals surface area (Å²) in [6, 6.07) is 6.74. The van der Waals surface area contributed by atoms with Gasteiger partial charge in [-0.15, -0.1) is 0 Å². The number of benzene rings is 1. The van der Waals surface area contributed by atoms with Crippen molar-refractivity contribution >= 4 is 22.6 Å². The highest BCUT2D eigenvalue weighted by Gasteiger charge is 2.32. The van der Waals surface area contributed by atoms with Gasteiger partial charge in [-0.25, -0.2) is 9.38 Å². The smallest absolute Gasteiger partial charge is 0.268 e. The first kappa shape index (κ1) is 16.6. The van der Waals surface area contributed by atoms with E-state index in [4.69, 9.17) is 4.99 Å². The molecule has 1 aromatic carbocycles. The van der Waals surface area contributed by atoms with Crippen LogP contribution >= 0.6 is 11.8 Å². The van der Waals surface area contributed by atoms with Gasteiger partial charge in [0, 0.05) is 0 Å². The van der Waals surface area contributed by atoms with Crippen LogP contribution in [-0.2, 0) is 0 Å². The van der Waals surface area contributed by atoms with Gasteiger partial charge in [-0.1, -0.05) is 49.6 Å². The lowest BCUT2D eigenvalue weighted by molar-refractivity contribution is 0.407. The summed E-state index contributed by atoms with van der Waals surface area (Å²) in [5, 5.41) is 3.85. The van der Waals surface area contributed by atoms with Crippen molar-refractivity contribution < 1.29 is 4.39 Å². The van der Waals surface area contributed by atoms with Crippen molar-refractivity contribution in [3.8, 4) is 0 Å². The monoisotopic (exact) mass is 359 g/mol. The largest absolute Gasteiger partial charge is 0.271 e. The number of thioether (sulfide) groups is 1. The van der Waals surface area contributed by atoms with Gasteiger partial charge in [0.25, 0.3) is 5.56 Å². The van der Waals surface area contributed by atoms with Crippen molar-refractivity contribution in [3.05, 3.63) is 51.6 Å². The Hall–Kier alpha value is -1.82. The first-order valence-corrected chi connectivity index (χ1v) is 9.83. The lowest BCUT2D eigenvalue weighted by Gasteiger charge is -2.23. The minimum absolute atomic E-state index is 0.0719. The molecular weight excluding hydrogens is 337 g/mol. The van der Waals surface area contributed by atoms with Crippen molar-refractivity contribution in [1.82, 2.24) is 9.78 Å². The predicted octanol–water partition coefficient (Wildman–Crippen LogP) is 5.10. The zero-order valence-electron chi connectivity index (χ0n) is 14.3. The summed E-state index contributed by atoms with van der Waals surface area (Å²) in [5.41, 5.74) is 1.56. The Morgan fingerprint density at radius 1 is 1.16 bits per heavy atom. The molecule has 1 saturated carbocycles. The van der Waals surface area contributed by atoms with Gasteiger partial charge in [-0.05, 0) is 37.5 Å². The van der Waals surface area contributed by atoms with Gasteiger partial charge in [0.05, 0.1) is 21.9 Å². The molecule has 0 saturated heterocycles. The fraction of sp³-hybridized carbons (Fsp3) is 0.474. The molecule has 6 heteroatoms. The highest BCUT2D eigenvalue weighted by molar-refractivity contribution is 8.14. The van der Waals surface area contributed by atoms with Crippen LogP contribution in [0.25, 0.3) is 0 Å². The first-order valence-electron chi connectivity index (χ1n) is 8.95. The van der Waals surface area contributed by atoms with Crippen molar-refractivity contribution in [2.24, 2.45) is 4.99 Å². The Morgan fingerprint density at radius 3 is 2.52 bits per heavy atom. The standard InChI is InChI=1S/C19H22FN3OS/c1-12-21-18-16(17(25-12)13-8-10-14(20)11-9-13)19(24)22-23(18)15-6-4-2-3-5-7-15/h8-11,15,17H,2-7H2,1H3,(H,22,24)/t17-/m0/s1. The normalized spacial score (nSPS) is 21.5. The predicted molar refractivity (Wildman–Crippen MR) is 100 cm³/mol. The molecule has 25 heavy (non-hydrogen) atoms. The van der Waals surface area contributed by atoms with E-state index in [1.165, 1.54) is 37.8 Å². The first-order chi connectivity index (χ1) is 12.1. The highest BCUT2D eigenvalue weighted by Crippen LogP contribution is 2.44. The van der Waals surface area contributed by atoms with Crippen molar-refractivity contribution in [2.45, 2.75) is 56.7 Å². The molecule has 0 radical (unpaired) electrons. The van der Waals surface area contributed by atoms with Crippen molar-refractivity contribution in [1.29, 1.82) is 0 Å². The number of rotatable bonds is 2. The number of fused-ring (bicyclic) bond motifs is 1. The Labute approximate surface area is 150 Å². The molecule has 2 heterocycles. The van der Waals surface area contributed by atoms with Crippen LogP contribution in [0.2, 0.25) is 0 Å². The van der Waals surface area contributed by atoms with Crippen LogP contribution in [0.3, 0.4) is 0 Å². The number of aliphatic imine (C=N–C) groups is 1. The molecule has 1 aromatic heterocycles. The van der Waals surface area contributed by atoms with Crippen LogP contribution in [0.15, 0.2) is 34.1 Å². The maximum absolute atomic E-state index is 13.3. The molecule has 0 unspecified atom stereocenters. The minimum Gasteiger partial charge on any atom is -0.268 e. The number of nitrogens with zero attached hydrogens (tertiary/aromatic N) is 2. The Balaban J connectivity index is 1.79. The topological polar surface area (TPSA) is 50.1 Å². The highest BCUT2D eigenvalue weighted by atomic mass is 32.2. The van der Waals surface area contributed by atoms with Gasteiger partial charge in [0.15, 0.2) is 5.82 Å². The van der Waals surface area contributed by atoms with Crippen LogP contribution < -0.4 is 5.56 Å². The SMILES string of the molecule is CC1=Nc2c(c(=O)[nH]n2C2CCCCCC2)[C@H](c2ccc(F)cc2)S1. The lowest BCUT2D eigenvalue weighted by Crippen LogP contribution is -2.13. The molecule has 2 aromatic rings. The van der Waals surface area contributed by atoms with E-state index in [9.17, 15) is 9.18 Å². The molecule has 0 spiro atoms. The Kier molecular flexibility index (Phi) is 4.54. The number of aromatic amines is 1. The van der Waals surface area contributed by atoms with Crippen LogP contribution in [0, 0.1) is 5.82 Å². The van der Waals surface area contributed by atoms with Crippen LogP contribution in [0.1, 0.15) is 67.9 Å². The van der Waals surface area contributed by atoms with Gasteiger partial charge in [0.1, 0.15) is 5.82 Å². The molecule has 4 rings (SSSR count). The molecule has 1 aliphatic heterocycles. The molecule has 1 N–H and O–H groups in total. The summed E-state index contributed by atoms with van der Waals surface area (Å²) < 4.78 is 15.3. The summed E-state index contributed by atoms with van der Waals surface area (Å²) >= 11 is 1.56. The molecule has 1 atom stereocenters. The van der Waals surface area contributed by atoms with Gasteiger partial charge >= 0.3 is 0 Å². The van der Waals surface area contributed by atoms with Gasteiger partial charge in [-0.3, -0.25) is 14.6 Å². The fourth-order valence-electron chi connectivity index (χ4n) is 3.86. The molecule has 4 nitrogen and oxygen atoms in total. The second kappa shape index (κ2) is 6.83. The van der Waals surface area contributed by atoms with E-state index >= 15 is 0 Å². The maximum atomic E-state index is 13.3. The van der Waals surface area contributed by atoms with Crippen LogP contribution in [0.4, 0.5) is 10.2 Å². The third-order valence-corrected chi connectivity index (χ3v) is 6.29. The Bertz CT molecular complexity index is 845. The van der Waals surface area contributed by atoms with Crippen molar-refractivity contribution in [2.75, 3.05) is 0 Å². The number of halogens is 1. The summed E-state index contributed by atoms with van der Waals surface area (Å²) in [7, 11) is 0. The molecule has 0 amide bonds. The molecular formula is C19H22FN3OS. The third kappa shape index (κ3) is 3.19. The maximum Gasteiger partial charge on any atom is 0.271 e. The van der Waals surface area contributed by atoms with Gasteiger partial charge in [-0.2, -0.15) is 0 Å². The molecule has 1 fully saturated rings. The van der Waals surface area contributed by atoms with E-state index in [1.54, 1.807) is 23.9 Å². The second-order valence-corrected chi connectivity index (χ2v) is 8.17. The van der Waals surface area contributed by atoms with Crippen LogP contribution in [-0.4, -0.2) is 14.8 Å². The number of aromatic nitrogens is 2. The summed E-state index contributed by atoms with van der Waals surface area (Å²) in [4.78, 5) is 17.4. The average Bonchev–Trinajstić information content (AvgIpc) is 2.78. The molecule has 1 aliphatic carbocycles. The van der Waals surface area contributed by atoms with E-state index in [2.05, 4.69) is 5.10 Å². The summed E-state index contributed by atoms with van der Waals surface area (Å²) in [5.74, 6) is 0.502. The zero-order chi connectivity index (χ0) is 17.4. The van der Waals surface area contributed by atoms with E-state index in [0.717, 1.165) is 29.3 Å². The van der Waals surface area contributed by atoms with Crippen LogP contribution in [0.5, 0.6) is 0 Å². The summed E-state index contributed by atoms with van der Waals surface area (Å²) in [6.07, 6.45) is 7.08. The minimum atomic E-state index is -0.264. The number of hydrogen-bond donors (Lipinski definition) is 1. The van der Waals surface area contributed by atoms with E-state index < -0.39 is 0 Å². The van der Waals surface area contributed by atoms with Gasteiger partial charge < -0.3 is 0 Å². The third-order valence-electron chi connectivity index (χ3n) is 5.11. The fourth-order valence-corrected chi connectivity index (χ4v) is 4.97. The van der Waals surface area contributed by atoms with Gasteiger partial charge in [0.2, 0.25) is 0 Å². The quantitative estimate of drug-likeness (QED) is 0.759. The van der Waals surface area contributed by atoms with Crippen molar-refractivity contribution in [3.63, 3.8) is 0 Å². The zero-order valence-corrected chi connectivity index (χ0v) is 15.1. The van der Waals surface area contributed by atoms with E-state index in [1.807, 2.05) is 11.6 Å². The molecule has 0 bridgehead atoms. The number of hydrogen-bond acceptors (Lipinski definition) is 3. The van der Waals surface area contributed by atoms with E-state index in [-0.39, 0.29) is 16.6 Å². The second-order valence-electron chi connectivity index (χ2n) is 6.87. The number of nitrogens with one attached hydrogen (secondary N) is 1. The summed E-state index contributed by atoms with van der Waals surface area (Å²) in [6.45, 7) is 1.97. The molecule has 132 valence electrons. The molecule has 2 aliphatic rings.